The Morgan fingerprint density at radius 1 is 1.36 bits per heavy atom. The first-order valence-corrected chi connectivity index (χ1v) is 5.33. The van der Waals surface area contributed by atoms with Crippen LogP contribution in [0.4, 0.5) is 0 Å². The first-order valence-electron chi connectivity index (χ1n) is 5.33. The van der Waals surface area contributed by atoms with E-state index in [1.54, 1.807) is 0 Å². The largest absolute Gasteiger partial charge is 0.461 e. The van der Waals surface area contributed by atoms with Crippen molar-refractivity contribution < 1.29 is 9.53 Å². The Morgan fingerprint density at radius 2 is 1.93 bits per heavy atom. The minimum atomic E-state index is -0.144. The summed E-state index contributed by atoms with van der Waals surface area (Å²) in [6, 6.07) is 0. The Kier molecular flexibility index (Phi) is 6.26. The van der Waals surface area contributed by atoms with Gasteiger partial charge in [0.05, 0.1) is 5.92 Å². The van der Waals surface area contributed by atoms with Crippen LogP contribution in [0.5, 0.6) is 0 Å². The van der Waals surface area contributed by atoms with E-state index in [9.17, 15) is 4.79 Å². The summed E-state index contributed by atoms with van der Waals surface area (Å²) >= 11 is 0. The number of carbonyl (C=O) groups is 1. The van der Waals surface area contributed by atoms with Gasteiger partial charge in [-0.3, -0.25) is 4.79 Å². The normalized spacial score (nSPS) is 12.6. The predicted octanol–water partition coefficient (Wildman–Crippen LogP) is 3.18. The topological polar surface area (TPSA) is 26.3 Å². The van der Waals surface area contributed by atoms with E-state index in [-0.39, 0.29) is 11.9 Å². The maximum absolute atomic E-state index is 11.2. The molecule has 0 saturated heterocycles. The van der Waals surface area contributed by atoms with Gasteiger partial charge in [0.1, 0.15) is 6.61 Å². The zero-order valence-corrected chi connectivity index (χ0v) is 9.80. The van der Waals surface area contributed by atoms with Gasteiger partial charge in [0, 0.05) is 0 Å². The fraction of sp³-hybridized carbons (Fsp3) is 0.750. The van der Waals surface area contributed by atoms with Crippen molar-refractivity contribution in [3.05, 3.63) is 12.2 Å². The van der Waals surface area contributed by atoms with Crippen LogP contribution in [-0.2, 0) is 9.53 Å². The number of hydrogen-bond donors (Lipinski definition) is 0. The molecule has 2 heteroatoms. The quantitative estimate of drug-likeness (QED) is 0.484. The highest BCUT2D eigenvalue weighted by molar-refractivity contribution is 5.71. The third-order valence-corrected chi connectivity index (χ3v) is 2.29. The van der Waals surface area contributed by atoms with E-state index in [2.05, 4.69) is 20.4 Å². The molecular formula is C12H22O2. The third kappa shape index (κ3) is 5.05. The second kappa shape index (κ2) is 6.63. The fourth-order valence-electron chi connectivity index (χ4n) is 1.11. The van der Waals surface area contributed by atoms with Gasteiger partial charge in [0.2, 0.25) is 0 Å². The molecule has 0 aromatic heterocycles. The molecule has 0 aliphatic rings. The Hall–Kier alpha value is -0.790. The molecule has 14 heavy (non-hydrogen) atoms. The average molecular weight is 198 g/mol. The minimum absolute atomic E-state index is 0.0516. The third-order valence-electron chi connectivity index (χ3n) is 2.29. The van der Waals surface area contributed by atoms with Crippen molar-refractivity contribution in [3.8, 4) is 0 Å². The lowest BCUT2D eigenvalue weighted by Crippen LogP contribution is -2.15. The standard InChI is InChI=1S/C12H22O2/c1-6-7-10(4)11(5)8-14-12(13)9(2)3/h9-10H,5-8H2,1-4H3. The Morgan fingerprint density at radius 3 is 2.36 bits per heavy atom. The summed E-state index contributed by atoms with van der Waals surface area (Å²) in [7, 11) is 0. The van der Waals surface area contributed by atoms with E-state index in [4.69, 9.17) is 4.74 Å². The molecule has 1 atom stereocenters. The van der Waals surface area contributed by atoms with E-state index >= 15 is 0 Å². The van der Waals surface area contributed by atoms with Crippen molar-refractivity contribution in [2.45, 2.75) is 40.5 Å². The van der Waals surface area contributed by atoms with Crippen LogP contribution in [0.25, 0.3) is 0 Å². The molecule has 0 spiro atoms. The number of carbonyl (C=O) groups excluding carboxylic acids is 1. The molecule has 0 radical (unpaired) electrons. The molecule has 0 fully saturated rings. The summed E-state index contributed by atoms with van der Waals surface area (Å²) in [5, 5.41) is 0. The van der Waals surface area contributed by atoms with Gasteiger partial charge >= 0.3 is 5.97 Å². The van der Waals surface area contributed by atoms with Crippen LogP contribution < -0.4 is 0 Å². The highest BCUT2D eigenvalue weighted by Gasteiger charge is 2.11. The lowest BCUT2D eigenvalue weighted by Gasteiger charge is -2.14. The maximum Gasteiger partial charge on any atom is 0.308 e. The summed E-state index contributed by atoms with van der Waals surface area (Å²) in [5.41, 5.74) is 1.01. The Labute approximate surface area is 87.3 Å². The molecule has 0 amide bonds. The Balaban J connectivity index is 3.79. The van der Waals surface area contributed by atoms with E-state index < -0.39 is 0 Å². The summed E-state index contributed by atoms with van der Waals surface area (Å²) in [4.78, 5) is 11.2. The van der Waals surface area contributed by atoms with Crippen molar-refractivity contribution in [3.63, 3.8) is 0 Å². The summed E-state index contributed by atoms with van der Waals surface area (Å²) in [6.07, 6.45) is 2.25. The molecule has 0 aromatic carbocycles. The molecule has 0 aliphatic carbocycles. The lowest BCUT2D eigenvalue weighted by molar-refractivity contribution is -0.146. The first-order chi connectivity index (χ1) is 6.49. The minimum Gasteiger partial charge on any atom is -0.461 e. The van der Waals surface area contributed by atoms with E-state index in [0.717, 1.165) is 18.4 Å². The van der Waals surface area contributed by atoms with E-state index in [0.29, 0.717) is 12.5 Å². The number of ether oxygens (including phenoxy) is 1. The molecule has 82 valence electrons. The molecule has 0 heterocycles. The van der Waals surface area contributed by atoms with Gasteiger partial charge in [-0.2, -0.15) is 0 Å². The van der Waals surface area contributed by atoms with Crippen LogP contribution >= 0.6 is 0 Å². The molecule has 0 rings (SSSR count). The van der Waals surface area contributed by atoms with Crippen LogP contribution in [0, 0.1) is 11.8 Å². The maximum atomic E-state index is 11.2. The number of hydrogen-bond acceptors (Lipinski definition) is 2. The monoisotopic (exact) mass is 198 g/mol. The van der Waals surface area contributed by atoms with E-state index in [1.165, 1.54) is 0 Å². The van der Waals surface area contributed by atoms with Crippen molar-refractivity contribution in [2.75, 3.05) is 6.61 Å². The molecule has 0 aromatic rings. The van der Waals surface area contributed by atoms with E-state index in [1.807, 2.05) is 13.8 Å². The van der Waals surface area contributed by atoms with Gasteiger partial charge in [0.25, 0.3) is 0 Å². The van der Waals surface area contributed by atoms with Crippen LogP contribution in [0.3, 0.4) is 0 Å². The number of rotatable bonds is 6. The highest BCUT2D eigenvalue weighted by Crippen LogP contribution is 2.15. The molecule has 2 nitrogen and oxygen atoms in total. The molecule has 0 N–H and O–H groups in total. The predicted molar refractivity (Wildman–Crippen MR) is 59.0 cm³/mol. The van der Waals surface area contributed by atoms with Crippen LogP contribution in [0.15, 0.2) is 12.2 Å². The second-order valence-electron chi connectivity index (χ2n) is 4.11. The van der Waals surface area contributed by atoms with Crippen molar-refractivity contribution in [2.24, 2.45) is 11.8 Å². The number of esters is 1. The second-order valence-corrected chi connectivity index (χ2v) is 4.11. The zero-order valence-electron chi connectivity index (χ0n) is 9.80. The van der Waals surface area contributed by atoms with Gasteiger partial charge in [0.15, 0.2) is 0 Å². The van der Waals surface area contributed by atoms with Gasteiger partial charge in [-0.05, 0) is 17.9 Å². The van der Waals surface area contributed by atoms with Crippen LogP contribution in [0.1, 0.15) is 40.5 Å². The average Bonchev–Trinajstić information content (AvgIpc) is 2.13. The molecule has 0 saturated carbocycles. The SMILES string of the molecule is C=C(COC(=O)C(C)C)C(C)CCC. The van der Waals surface area contributed by atoms with Gasteiger partial charge < -0.3 is 4.74 Å². The summed E-state index contributed by atoms with van der Waals surface area (Å²) in [5.74, 6) is 0.249. The Bertz CT molecular complexity index is 194. The zero-order chi connectivity index (χ0) is 11.1. The first kappa shape index (κ1) is 13.2. The summed E-state index contributed by atoms with van der Waals surface area (Å²) in [6.45, 7) is 12.2. The smallest absolute Gasteiger partial charge is 0.308 e. The van der Waals surface area contributed by atoms with Crippen molar-refractivity contribution in [1.82, 2.24) is 0 Å². The fourth-order valence-corrected chi connectivity index (χ4v) is 1.11. The summed E-state index contributed by atoms with van der Waals surface area (Å²) < 4.78 is 5.09. The molecule has 1 unspecified atom stereocenters. The van der Waals surface area contributed by atoms with Gasteiger partial charge in [-0.25, -0.2) is 0 Å². The van der Waals surface area contributed by atoms with Crippen LogP contribution in [-0.4, -0.2) is 12.6 Å². The molecule has 0 aliphatic heterocycles. The van der Waals surface area contributed by atoms with Gasteiger partial charge in [-0.15, -0.1) is 0 Å². The van der Waals surface area contributed by atoms with Crippen molar-refractivity contribution >= 4 is 5.97 Å². The van der Waals surface area contributed by atoms with Crippen molar-refractivity contribution in [1.29, 1.82) is 0 Å². The lowest BCUT2D eigenvalue weighted by atomic mass is 9.98. The van der Waals surface area contributed by atoms with Crippen LogP contribution in [0.2, 0.25) is 0 Å². The molecular weight excluding hydrogens is 176 g/mol. The van der Waals surface area contributed by atoms with Gasteiger partial charge in [-0.1, -0.05) is 40.7 Å². The molecule has 0 bridgehead atoms. The highest BCUT2D eigenvalue weighted by atomic mass is 16.5.